The van der Waals surface area contributed by atoms with Gasteiger partial charge in [-0.25, -0.2) is 0 Å². The van der Waals surface area contributed by atoms with Crippen molar-refractivity contribution in [3.8, 4) is 0 Å². The highest BCUT2D eigenvalue weighted by atomic mass is 35.5. The van der Waals surface area contributed by atoms with Gasteiger partial charge in [-0.05, 0) is 45.4 Å². The normalized spacial score (nSPS) is 13.4. The molecule has 0 spiro atoms. The molecule has 0 amide bonds. The average Bonchev–Trinajstić information content (AvgIpc) is 2.25. The third-order valence-electron chi connectivity index (χ3n) is 3.14. The number of rotatable bonds is 5. The lowest BCUT2D eigenvalue weighted by molar-refractivity contribution is 0.172. The first kappa shape index (κ1) is 14.8. The van der Waals surface area contributed by atoms with Gasteiger partial charge in [0.2, 0.25) is 0 Å². The van der Waals surface area contributed by atoms with Crippen molar-refractivity contribution in [2.45, 2.75) is 46.2 Å². The summed E-state index contributed by atoms with van der Waals surface area (Å²) in [5.74, 6) is 0. The van der Waals surface area contributed by atoms with Gasteiger partial charge in [-0.1, -0.05) is 42.3 Å². The standard InChI is InChI=1S/C14H21Cl2N/c1-5-17(10(2)3)11(4)9-12-7-6-8-13(15)14(12)16/h6-8,10-11H,5,9H2,1-4H3. The molecule has 0 saturated carbocycles. The molecule has 1 rings (SSSR count). The first-order chi connectivity index (χ1) is 7.97. The summed E-state index contributed by atoms with van der Waals surface area (Å²) in [5, 5.41) is 1.34. The molecule has 0 aromatic heterocycles. The molecule has 17 heavy (non-hydrogen) atoms. The van der Waals surface area contributed by atoms with Crippen molar-refractivity contribution >= 4 is 23.2 Å². The number of hydrogen-bond donors (Lipinski definition) is 0. The molecule has 0 saturated heterocycles. The molecule has 0 heterocycles. The lowest BCUT2D eigenvalue weighted by Crippen LogP contribution is -2.39. The van der Waals surface area contributed by atoms with E-state index in [-0.39, 0.29) is 0 Å². The summed E-state index contributed by atoms with van der Waals surface area (Å²) in [4.78, 5) is 2.46. The summed E-state index contributed by atoms with van der Waals surface area (Å²) in [6.07, 6.45) is 0.936. The van der Waals surface area contributed by atoms with Crippen molar-refractivity contribution in [1.29, 1.82) is 0 Å². The Morgan fingerprint density at radius 3 is 2.35 bits per heavy atom. The minimum atomic E-state index is 0.468. The van der Waals surface area contributed by atoms with E-state index in [1.165, 1.54) is 0 Å². The molecule has 1 aromatic rings. The Hall–Kier alpha value is -0.240. The Morgan fingerprint density at radius 2 is 1.82 bits per heavy atom. The van der Waals surface area contributed by atoms with Gasteiger partial charge in [-0.3, -0.25) is 4.90 Å². The van der Waals surface area contributed by atoms with E-state index < -0.39 is 0 Å². The fraction of sp³-hybridized carbons (Fsp3) is 0.571. The highest BCUT2D eigenvalue weighted by Gasteiger charge is 2.17. The zero-order valence-corrected chi connectivity index (χ0v) is 12.5. The Morgan fingerprint density at radius 1 is 1.18 bits per heavy atom. The predicted molar refractivity (Wildman–Crippen MR) is 77.1 cm³/mol. The van der Waals surface area contributed by atoms with Crippen LogP contribution in [0.5, 0.6) is 0 Å². The van der Waals surface area contributed by atoms with Crippen LogP contribution in [0, 0.1) is 0 Å². The Labute approximate surface area is 115 Å². The quantitative estimate of drug-likeness (QED) is 0.755. The van der Waals surface area contributed by atoms with Crippen molar-refractivity contribution in [2.24, 2.45) is 0 Å². The summed E-state index contributed by atoms with van der Waals surface area (Å²) >= 11 is 12.2. The molecule has 0 aliphatic rings. The van der Waals surface area contributed by atoms with Crippen molar-refractivity contribution in [1.82, 2.24) is 4.90 Å². The van der Waals surface area contributed by atoms with Crippen molar-refractivity contribution in [3.05, 3.63) is 33.8 Å². The first-order valence-corrected chi connectivity index (χ1v) is 6.91. The molecular weight excluding hydrogens is 253 g/mol. The van der Waals surface area contributed by atoms with Gasteiger partial charge >= 0.3 is 0 Å². The average molecular weight is 274 g/mol. The number of halogens is 2. The van der Waals surface area contributed by atoms with Gasteiger partial charge in [0, 0.05) is 12.1 Å². The number of likely N-dealkylation sites (N-methyl/N-ethyl adjacent to an activating group) is 1. The number of hydrogen-bond acceptors (Lipinski definition) is 1. The van der Waals surface area contributed by atoms with Gasteiger partial charge in [0.05, 0.1) is 10.0 Å². The fourth-order valence-corrected chi connectivity index (χ4v) is 2.72. The molecule has 0 bridgehead atoms. The zero-order valence-electron chi connectivity index (χ0n) is 11.0. The molecule has 0 aliphatic carbocycles. The molecular formula is C14H21Cl2N. The van der Waals surface area contributed by atoms with Crippen LogP contribution in [-0.2, 0) is 6.42 Å². The molecule has 1 atom stereocenters. The molecule has 0 N–H and O–H groups in total. The molecule has 0 aliphatic heterocycles. The third-order valence-corrected chi connectivity index (χ3v) is 4.00. The molecule has 1 aromatic carbocycles. The first-order valence-electron chi connectivity index (χ1n) is 6.16. The largest absolute Gasteiger partial charge is 0.298 e. The lowest BCUT2D eigenvalue weighted by Gasteiger charge is -2.31. The van der Waals surface area contributed by atoms with Crippen molar-refractivity contribution in [2.75, 3.05) is 6.54 Å². The Kier molecular flexibility index (Phi) is 5.78. The molecule has 0 radical (unpaired) electrons. The summed E-state index contributed by atoms with van der Waals surface area (Å²) in [6, 6.07) is 6.86. The summed E-state index contributed by atoms with van der Waals surface area (Å²) in [7, 11) is 0. The van der Waals surface area contributed by atoms with E-state index in [1.54, 1.807) is 0 Å². The van der Waals surface area contributed by atoms with E-state index in [1.807, 2.05) is 12.1 Å². The lowest BCUT2D eigenvalue weighted by atomic mass is 10.0. The second-order valence-corrected chi connectivity index (χ2v) is 5.48. The maximum atomic E-state index is 6.21. The van der Waals surface area contributed by atoms with Crippen LogP contribution >= 0.6 is 23.2 Å². The molecule has 1 nitrogen and oxygen atoms in total. The van der Waals surface area contributed by atoms with E-state index in [0.29, 0.717) is 22.1 Å². The third kappa shape index (κ3) is 3.87. The Bertz CT molecular complexity index is 363. The monoisotopic (exact) mass is 273 g/mol. The van der Waals surface area contributed by atoms with Gasteiger partial charge in [-0.15, -0.1) is 0 Å². The van der Waals surface area contributed by atoms with Gasteiger partial charge in [0.25, 0.3) is 0 Å². The predicted octanol–water partition coefficient (Wildman–Crippen LogP) is 4.65. The summed E-state index contributed by atoms with van der Waals surface area (Å²) < 4.78 is 0. The van der Waals surface area contributed by atoms with Crippen LogP contribution in [0.1, 0.15) is 33.3 Å². The van der Waals surface area contributed by atoms with E-state index in [0.717, 1.165) is 18.5 Å². The van der Waals surface area contributed by atoms with Crippen LogP contribution in [0.25, 0.3) is 0 Å². The number of benzene rings is 1. The van der Waals surface area contributed by atoms with Gasteiger partial charge in [0.1, 0.15) is 0 Å². The van der Waals surface area contributed by atoms with Gasteiger partial charge < -0.3 is 0 Å². The smallest absolute Gasteiger partial charge is 0.0624 e. The molecule has 0 fully saturated rings. The topological polar surface area (TPSA) is 3.24 Å². The minimum Gasteiger partial charge on any atom is -0.298 e. The summed E-state index contributed by atoms with van der Waals surface area (Å²) in [5.41, 5.74) is 1.13. The highest BCUT2D eigenvalue weighted by molar-refractivity contribution is 6.42. The van der Waals surface area contributed by atoms with Crippen molar-refractivity contribution in [3.63, 3.8) is 0 Å². The molecule has 3 heteroatoms. The molecule has 1 unspecified atom stereocenters. The van der Waals surface area contributed by atoms with E-state index in [9.17, 15) is 0 Å². The van der Waals surface area contributed by atoms with Crippen LogP contribution in [0.15, 0.2) is 18.2 Å². The van der Waals surface area contributed by atoms with Crippen molar-refractivity contribution < 1.29 is 0 Å². The van der Waals surface area contributed by atoms with E-state index in [4.69, 9.17) is 23.2 Å². The second kappa shape index (κ2) is 6.63. The van der Waals surface area contributed by atoms with Gasteiger partial charge in [0.15, 0.2) is 0 Å². The van der Waals surface area contributed by atoms with E-state index >= 15 is 0 Å². The minimum absolute atomic E-state index is 0.468. The number of nitrogens with zero attached hydrogens (tertiary/aromatic N) is 1. The highest BCUT2D eigenvalue weighted by Crippen LogP contribution is 2.27. The van der Waals surface area contributed by atoms with E-state index in [2.05, 4.69) is 38.7 Å². The second-order valence-electron chi connectivity index (χ2n) is 4.69. The fourth-order valence-electron chi connectivity index (χ4n) is 2.33. The van der Waals surface area contributed by atoms with Crippen LogP contribution < -0.4 is 0 Å². The van der Waals surface area contributed by atoms with Crippen LogP contribution in [0.3, 0.4) is 0 Å². The maximum Gasteiger partial charge on any atom is 0.0624 e. The van der Waals surface area contributed by atoms with Crippen LogP contribution in [-0.4, -0.2) is 23.5 Å². The maximum absolute atomic E-state index is 6.21. The Balaban J connectivity index is 2.80. The van der Waals surface area contributed by atoms with Gasteiger partial charge in [-0.2, -0.15) is 0 Å². The van der Waals surface area contributed by atoms with Crippen LogP contribution in [0.4, 0.5) is 0 Å². The summed E-state index contributed by atoms with van der Waals surface area (Å²) in [6.45, 7) is 9.92. The zero-order chi connectivity index (χ0) is 13.0. The SMILES string of the molecule is CCN(C(C)C)C(C)Cc1cccc(Cl)c1Cl. The van der Waals surface area contributed by atoms with Crippen LogP contribution in [0.2, 0.25) is 10.0 Å². The molecule has 96 valence electrons.